The van der Waals surface area contributed by atoms with Gasteiger partial charge in [-0.05, 0) is 43.5 Å². The number of unbranched alkanes of at least 4 members (excludes halogenated alkanes) is 3. The van der Waals surface area contributed by atoms with Crippen molar-refractivity contribution in [2.75, 3.05) is 18.6 Å². The highest BCUT2D eigenvalue weighted by atomic mass is 127. The Kier molecular flexibility index (Phi) is 11.0. The van der Waals surface area contributed by atoms with E-state index in [1.165, 1.54) is 0 Å². The fraction of sp³-hybridized carbons (Fsp3) is 0.333. The second kappa shape index (κ2) is 12.8. The van der Waals surface area contributed by atoms with Crippen LogP contribution >= 0.6 is 11.6 Å². The van der Waals surface area contributed by atoms with Crippen molar-refractivity contribution in [2.45, 2.75) is 25.7 Å². The van der Waals surface area contributed by atoms with Crippen LogP contribution in [0.2, 0.25) is 5.02 Å². The standard InChI is InChI=1S/C18H24ClN4O.HI/c19-16-8-10-17(11-9-16)24-15-7-2-1-4-12-21-18(20)22-23-13-5-3-6-14-23;/h3,5-6,8-11,13-14H,1-2,4,7,12,15H2,(H3,20,21,22);1H/q+1;/p-1. The summed E-state index contributed by atoms with van der Waals surface area (Å²) in [7, 11) is 0. The summed E-state index contributed by atoms with van der Waals surface area (Å²) in [4.78, 5) is 4.31. The van der Waals surface area contributed by atoms with Gasteiger partial charge in [-0.1, -0.05) is 28.8 Å². The zero-order chi connectivity index (χ0) is 17.0. The summed E-state index contributed by atoms with van der Waals surface area (Å²) in [5.41, 5.74) is 8.82. The van der Waals surface area contributed by atoms with Crippen molar-refractivity contribution in [3.63, 3.8) is 0 Å². The number of aliphatic imine (C=N–C) groups is 1. The number of halogens is 2. The molecule has 2 rings (SSSR count). The lowest BCUT2D eigenvalue weighted by atomic mass is 10.2. The Morgan fingerprint density at radius 2 is 1.72 bits per heavy atom. The Hall–Kier alpha value is -1.54. The maximum absolute atomic E-state index is 5.83. The van der Waals surface area contributed by atoms with Gasteiger partial charge in [0.25, 0.3) is 0 Å². The normalized spacial score (nSPS) is 10.8. The summed E-state index contributed by atoms with van der Waals surface area (Å²) < 4.78 is 7.42. The third-order valence-electron chi connectivity index (χ3n) is 3.38. The third kappa shape index (κ3) is 9.50. The number of benzene rings is 1. The summed E-state index contributed by atoms with van der Waals surface area (Å²) in [6.07, 6.45) is 8.03. The Bertz CT molecular complexity index is 623. The van der Waals surface area contributed by atoms with Crippen LogP contribution in [0.25, 0.3) is 0 Å². The van der Waals surface area contributed by atoms with Crippen molar-refractivity contribution in [1.82, 2.24) is 0 Å². The van der Waals surface area contributed by atoms with Gasteiger partial charge in [0, 0.05) is 23.7 Å². The SMILES string of the molecule is NC(=NCCCCCCOc1ccc(Cl)cc1)N[n+]1ccccc1.[I-]. The number of aromatic nitrogens is 1. The third-order valence-corrected chi connectivity index (χ3v) is 3.63. The van der Waals surface area contributed by atoms with Crippen molar-refractivity contribution in [3.05, 3.63) is 59.9 Å². The van der Waals surface area contributed by atoms with Gasteiger partial charge in [-0.25, -0.2) is 4.99 Å². The van der Waals surface area contributed by atoms with Crippen molar-refractivity contribution >= 4 is 17.6 Å². The molecule has 0 aliphatic rings. The quantitative estimate of drug-likeness (QED) is 0.179. The topological polar surface area (TPSA) is 63.5 Å². The van der Waals surface area contributed by atoms with E-state index in [0.29, 0.717) is 5.96 Å². The first kappa shape index (κ1) is 21.5. The number of ether oxygens (including phenoxy) is 1. The van der Waals surface area contributed by atoms with Crippen LogP contribution < -0.4 is 44.5 Å². The van der Waals surface area contributed by atoms with Crippen LogP contribution in [0.5, 0.6) is 5.75 Å². The van der Waals surface area contributed by atoms with Crippen LogP contribution in [-0.2, 0) is 0 Å². The molecule has 0 unspecified atom stereocenters. The molecule has 5 nitrogen and oxygen atoms in total. The molecular weight excluding hydrogens is 451 g/mol. The molecule has 0 spiro atoms. The molecule has 0 amide bonds. The van der Waals surface area contributed by atoms with Gasteiger partial charge in [-0.3, -0.25) is 0 Å². The second-order valence-electron chi connectivity index (χ2n) is 5.38. The average molecular weight is 475 g/mol. The molecule has 0 radical (unpaired) electrons. The smallest absolute Gasteiger partial charge is 0.245 e. The van der Waals surface area contributed by atoms with Gasteiger partial charge in [0.15, 0.2) is 12.4 Å². The number of nitrogens with two attached hydrogens (primary N) is 1. The van der Waals surface area contributed by atoms with E-state index in [9.17, 15) is 0 Å². The Morgan fingerprint density at radius 3 is 2.44 bits per heavy atom. The predicted molar refractivity (Wildman–Crippen MR) is 97.9 cm³/mol. The molecule has 0 fully saturated rings. The van der Waals surface area contributed by atoms with E-state index in [1.54, 1.807) is 4.68 Å². The number of guanidine groups is 1. The van der Waals surface area contributed by atoms with E-state index in [2.05, 4.69) is 10.4 Å². The molecule has 1 aromatic heterocycles. The number of hydrogen-bond acceptors (Lipinski definition) is 2. The highest BCUT2D eigenvalue weighted by Gasteiger charge is 1.99. The van der Waals surface area contributed by atoms with Crippen molar-refractivity contribution in [2.24, 2.45) is 10.7 Å². The molecule has 0 aliphatic carbocycles. The first-order valence-corrected chi connectivity index (χ1v) is 8.53. The van der Waals surface area contributed by atoms with Crippen LogP contribution in [0.3, 0.4) is 0 Å². The predicted octanol–water partition coefficient (Wildman–Crippen LogP) is 0.129. The number of rotatable bonds is 9. The molecule has 3 N–H and O–H groups in total. The van der Waals surface area contributed by atoms with Crippen LogP contribution in [0.15, 0.2) is 59.9 Å². The first-order chi connectivity index (χ1) is 11.7. The molecule has 2 aromatic rings. The largest absolute Gasteiger partial charge is 1.00 e. The van der Waals surface area contributed by atoms with Crippen LogP contribution in [0, 0.1) is 0 Å². The molecule has 0 aliphatic heterocycles. The van der Waals surface area contributed by atoms with Crippen LogP contribution in [-0.4, -0.2) is 19.1 Å². The Morgan fingerprint density at radius 1 is 1.04 bits per heavy atom. The lowest BCUT2D eigenvalue weighted by molar-refractivity contribution is -0.640. The molecular formula is C18H24ClIN4O. The summed E-state index contributed by atoms with van der Waals surface area (Å²) in [6.45, 7) is 1.45. The molecule has 1 heterocycles. The van der Waals surface area contributed by atoms with Gasteiger partial charge in [0.05, 0.1) is 6.61 Å². The van der Waals surface area contributed by atoms with Crippen LogP contribution in [0.1, 0.15) is 25.7 Å². The fourth-order valence-electron chi connectivity index (χ4n) is 2.13. The second-order valence-corrected chi connectivity index (χ2v) is 5.81. The summed E-state index contributed by atoms with van der Waals surface area (Å²) in [5, 5.41) is 0.724. The maximum atomic E-state index is 5.83. The van der Waals surface area contributed by atoms with Gasteiger partial charge in [0.1, 0.15) is 5.75 Å². The average Bonchev–Trinajstić information content (AvgIpc) is 2.60. The van der Waals surface area contributed by atoms with E-state index in [1.807, 2.05) is 54.9 Å². The van der Waals surface area contributed by atoms with E-state index < -0.39 is 0 Å². The van der Waals surface area contributed by atoms with Gasteiger partial charge in [-0.15, -0.1) is 5.43 Å². The monoisotopic (exact) mass is 474 g/mol. The Labute approximate surface area is 171 Å². The van der Waals surface area contributed by atoms with Gasteiger partial charge in [-0.2, -0.15) is 0 Å². The Balaban J connectivity index is 0.00000312. The van der Waals surface area contributed by atoms with Crippen molar-refractivity contribution in [1.29, 1.82) is 0 Å². The minimum Gasteiger partial charge on any atom is -1.00 e. The van der Waals surface area contributed by atoms with E-state index in [4.69, 9.17) is 22.1 Å². The molecule has 1 aromatic carbocycles. The number of hydrogen-bond donors (Lipinski definition) is 2. The van der Waals surface area contributed by atoms with Gasteiger partial charge >= 0.3 is 0 Å². The highest BCUT2D eigenvalue weighted by molar-refractivity contribution is 6.30. The van der Waals surface area contributed by atoms with Crippen molar-refractivity contribution < 1.29 is 33.4 Å². The van der Waals surface area contributed by atoms with E-state index in [0.717, 1.165) is 49.6 Å². The molecule has 0 saturated carbocycles. The maximum Gasteiger partial charge on any atom is 0.245 e. The van der Waals surface area contributed by atoms with Crippen molar-refractivity contribution in [3.8, 4) is 5.75 Å². The van der Waals surface area contributed by atoms with Gasteiger partial charge in [0.2, 0.25) is 5.96 Å². The highest BCUT2D eigenvalue weighted by Crippen LogP contribution is 2.15. The summed E-state index contributed by atoms with van der Waals surface area (Å²) in [6, 6.07) is 13.2. The lowest BCUT2D eigenvalue weighted by Gasteiger charge is -2.05. The molecule has 0 bridgehead atoms. The molecule has 0 atom stereocenters. The summed E-state index contributed by atoms with van der Waals surface area (Å²) >= 11 is 5.83. The molecule has 7 heteroatoms. The molecule has 136 valence electrons. The number of nitrogens with one attached hydrogen (secondary N) is 1. The summed E-state index contributed by atoms with van der Waals surface area (Å²) in [5.74, 6) is 1.29. The molecule has 0 saturated heterocycles. The van der Waals surface area contributed by atoms with E-state index >= 15 is 0 Å². The zero-order valence-corrected chi connectivity index (χ0v) is 17.0. The van der Waals surface area contributed by atoms with Crippen LogP contribution in [0.4, 0.5) is 0 Å². The number of nitrogens with zero attached hydrogens (tertiary/aromatic N) is 2. The lowest BCUT2D eigenvalue weighted by Crippen LogP contribution is -3.00. The minimum atomic E-state index is 0. The zero-order valence-electron chi connectivity index (χ0n) is 14.1. The first-order valence-electron chi connectivity index (χ1n) is 8.15. The minimum absolute atomic E-state index is 0. The van der Waals surface area contributed by atoms with E-state index in [-0.39, 0.29) is 24.0 Å². The fourth-order valence-corrected chi connectivity index (χ4v) is 2.25. The van der Waals surface area contributed by atoms with Gasteiger partial charge < -0.3 is 34.4 Å². The number of pyridine rings is 1. The molecule has 25 heavy (non-hydrogen) atoms.